The lowest BCUT2D eigenvalue weighted by Crippen LogP contribution is -1.99. The molecule has 23 heavy (non-hydrogen) atoms. The summed E-state index contributed by atoms with van der Waals surface area (Å²) in [6.07, 6.45) is 18.8. The Morgan fingerprint density at radius 2 is 1.22 bits per heavy atom. The van der Waals surface area contributed by atoms with Crippen molar-refractivity contribution in [2.75, 3.05) is 6.54 Å². The highest BCUT2D eigenvalue weighted by atomic mass is 16.6. The first-order valence-electron chi connectivity index (χ1n) is 9.11. The molecule has 0 saturated carbocycles. The number of aliphatic carboxylic acids is 1. The number of nitro groups is 1. The molecule has 0 unspecified atom stereocenters. The maximum atomic E-state index is 10.3. The van der Waals surface area contributed by atoms with Gasteiger partial charge >= 0.3 is 5.97 Å². The van der Waals surface area contributed by atoms with E-state index in [1.165, 1.54) is 32.1 Å². The second kappa shape index (κ2) is 17.0. The Morgan fingerprint density at radius 3 is 1.70 bits per heavy atom. The van der Waals surface area contributed by atoms with Gasteiger partial charge in [-0.3, -0.25) is 14.9 Å². The van der Waals surface area contributed by atoms with Crippen molar-refractivity contribution < 1.29 is 14.8 Å². The minimum absolute atomic E-state index is 0.113. The standard InChI is InChI=1S/C18H33NO4/c20-18(21)16-14-12-10-8-6-4-2-1-3-5-7-9-11-13-15-17-19(22)23/h1-2H,3-17H2,(H,20,21)/b2-1-. The van der Waals surface area contributed by atoms with Crippen LogP contribution in [0.25, 0.3) is 0 Å². The second-order valence-corrected chi connectivity index (χ2v) is 6.14. The SMILES string of the molecule is O=C(O)CCCCCCC/C=C\CCCCCCCC[N+](=O)[O-]. The smallest absolute Gasteiger partial charge is 0.303 e. The first-order valence-corrected chi connectivity index (χ1v) is 9.11. The van der Waals surface area contributed by atoms with Crippen LogP contribution in [0.1, 0.15) is 89.9 Å². The lowest BCUT2D eigenvalue weighted by molar-refractivity contribution is -0.480. The molecule has 0 bridgehead atoms. The molecule has 0 amide bonds. The van der Waals surface area contributed by atoms with Gasteiger partial charge in [-0.2, -0.15) is 0 Å². The van der Waals surface area contributed by atoms with Crippen molar-refractivity contribution >= 4 is 5.97 Å². The summed E-state index contributed by atoms with van der Waals surface area (Å²) >= 11 is 0. The van der Waals surface area contributed by atoms with Gasteiger partial charge in [0.2, 0.25) is 6.54 Å². The first-order chi connectivity index (χ1) is 11.1. The highest BCUT2D eigenvalue weighted by Crippen LogP contribution is 2.10. The van der Waals surface area contributed by atoms with Crippen molar-refractivity contribution in [2.45, 2.75) is 89.9 Å². The topological polar surface area (TPSA) is 80.4 Å². The summed E-state index contributed by atoms with van der Waals surface area (Å²) in [6.45, 7) is 0.113. The summed E-state index contributed by atoms with van der Waals surface area (Å²) in [5.41, 5.74) is 0. The van der Waals surface area contributed by atoms with Crippen LogP contribution in [0.4, 0.5) is 0 Å². The average molecular weight is 327 g/mol. The highest BCUT2D eigenvalue weighted by Gasteiger charge is 1.97. The number of nitrogens with zero attached hydrogens (tertiary/aromatic N) is 1. The molecule has 5 nitrogen and oxygen atoms in total. The highest BCUT2D eigenvalue weighted by molar-refractivity contribution is 5.66. The first kappa shape index (κ1) is 21.6. The van der Waals surface area contributed by atoms with E-state index in [1.54, 1.807) is 0 Å². The fourth-order valence-electron chi connectivity index (χ4n) is 2.51. The van der Waals surface area contributed by atoms with Gasteiger partial charge < -0.3 is 5.11 Å². The van der Waals surface area contributed by atoms with Crippen LogP contribution < -0.4 is 0 Å². The van der Waals surface area contributed by atoms with Crippen molar-refractivity contribution in [1.29, 1.82) is 0 Å². The number of allylic oxidation sites excluding steroid dienone is 2. The van der Waals surface area contributed by atoms with Crippen molar-refractivity contribution in [3.05, 3.63) is 22.3 Å². The molecule has 0 atom stereocenters. The van der Waals surface area contributed by atoms with E-state index in [-0.39, 0.29) is 11.5 Å². The summed E-state index contributed by atoms with van der Waals surface area (Å²) in [4.78, 5) is 20.3. The maximum Gasteiger partial charge on any atom is 0.303 e. The van der Waals surface area contributed by atoms with Crippen LogP contribution in [0.2, 0.25) is 0 Å². The van der Waals surface area contributed by atoms with Gasteiger partial charge in [0, 0.05) is 17.8 Å². The Kier molecular flexibility index (Phi) is 15.9. The number of carbonyl (C=O) groups is 1. The largest absolute Gasteiger partial charge is 0.481 e. The number of hydrogen-bond acceptors (Lipinski definition) is 3. The molecule has 0 fully saturated rings. The summed E-state index contributed by atoms with van der Waals surface area (Å²) in [5.74, 6) is -0.690. The summed E-state index contributed by atoms with van der Waals surface area (Å²) in [5, 5.41) is 18.7. The lowest BCUT2D eigenvalue weighted by atomic mass is 10.1. The lowest BCUT2D eigenvalue weighted by Gasteiger charge is -1.99. The average Bonchev–Trinajstić information content (AvgIpc) is 2.49. The molecular formula is C18H33NO4. The molecule has 0 aromatic carbocycles. The normalized spacial score (nSPS) is 11.1. The predicted octanol–water partition coefficient (Wildman–Crippen LogP) is 5.37. The van der Waals surface area contributed by atoms with Crippen molar-refractivity contribution in [3.8, 4) is 0 Å². The van der Waals surface area contributed by atoms with Crippen LogP contribution in [0.5, 0.6) is 0 Å². The molecule has 1 N–H and O–H groups in total. The van der Waals surface area contributed by atoms with E-state index in [2.05, 4.69) is 12.2 Å². The Labute approximate surface area is 140 Å². The molecule has 0 aliphatic carbocycles. The fraction of sp³-hybridized carbons (Fsp3) is 0.833. The monoisotopic (exact) mass is 327 g/mol. The van der Waals surface area contributed by atoms with Crippen LogP contribution in [-0.2, 0) is 4.79 Å². The number of carboxylic acid groups (broad SMARTS) is 1. The Hall–Kier alpha value is -1.39. The van der Waals surface area contributed by atoms with E-state index < -0.39 is 5.97 Å². The molecule has 0 radical (unpaired) electrons. The van der Waals surface area contributed by atoms with E-state index in [0.29, 0.717) is 12.8 Å². The van der Waals surface area contributed by atoms with Gasteiger partial charge in [0.25, 0.3) is 0 Å². The third-order valence-electron chi connectivity index (χ3n) is 3.89. The van der Waals surface area contributed by atoms with Crippen molar-refractivity contribution in [2.24, 2.45) is 0 Å². The minimum Gasteiger partial charge on any atom is -0.481 e. The van der Waals surface area contributed by atoms with Crippen LogP contribution in [0.3, 0.4) is 0 Å². The minimum atomic E-state index is -0.690. The van der Waals surface area contributed by atoms with E-state index in [1.807, 2.05) is 0 Å². The number of rotatable bonds is 17. The Bertz CT molecular complexity index is 329. The molecule has 0 aromatic heterocycles. The van der Waals surface area contributed by atoms with Crippen molar-refractivity contribution in [3.63, 3.8) is 0 Å². The van der Waals surface area contributed by atoms with Crippen LogP contribution in [0.15, 0.2) is 12.2 Å². The van der Waals surface area contributed by atoms with E-state index in [4.69, 9.17) is 5.11 Å². The second-order valence-electron chi connectivity index (χ2n) is 6.14. The molecule has 5 heteroatoms. The summed E-state index contributed by atoms with van der Waals surface area (Å²) in [6, 6.07) is 0. The molecular weight excluding hydrogens is 294 g/mol. The molecule has 0 rings (SSSR count). The zero-order chi connectivity index (χ0) is 17.2. The van der Waals surface area contributed by atoms with Gasteiger partial charge in [-0.25, -0.2) is 0 Å². The van der Waals surface area contributed by atoms with Gasteiger partial charge in [-0.05, 0) is 38.5 Å². The number of hydrogen-bond donors (Lipinski definition) is 1. The summed E-state index contributed by atoms with van der Waals surface area (Å²) < 4.78 is 0. The van der Waals surface area contributed by atoms with Crippen LogP contribution in [-0.4, -0.2) is 22.5 Å². The molecule has 0 heterocycles. The van der Waals surface area contributed by atoms with Gasteiger partial charge in [0.15, 0.2) is 0 Å². The van der Waals surface area contributed by atoms with Crippen LogP contribution in [0, 0.1) is 10.1 Å². The quantitative estimate of drug-likeness (QED) is 0.169. The zero-order valence-electron chi connectivity index (χ0n) is 14.4. The van der Waals surface area contributed by atoms with Gasteiger partial charge in [0.1, 0.15) is 0 Å². The molecule has 0 aromatic rings. The molecule has 0 aliphatic heterocycles. The Balaban J connectivity index is 3.11. The third kappa shape index (κ3) is 20.6. The molecule has 0 aliphatic rings. The van der Waals surface area contributed by atoms with Crippen LogP contribution >= 0.6 is 0 Å². The van der Waals surface area contributed by atoms with Gasteiger partial charge in [0.05, 0.1) is 0 Å². The maximum absolute atomic E-state index is 10.3. The molecule has 0 spiro atoms. The van der Waals surface area contributed by atoms with E-state index in [0.717, 1.165) is 44.9 Å². The third-order valence-corrected chi connectivity index (χ3v) is 3.89. The molecule has 134 valence electrons. The fourth-order valence-corrected chi connectivity index (χ4v) is 2.51. The molecule has 0 saturated heterocycles. The Morgan fingerprint density at radius 1 is 0.783 bits per heavy atom. The van der Waals surface area contributed by atoms with Gasteiger partial charge in [-0.15, -0.1) is 0 Å². The van der Waals surface area contributed by atoms with Crippen molar-refractivity contribution in [1.82, 2.24) is 0 Å². The zero-order valence-corrected chi connectivity index (χ0v) is 14.4. The van der Waals surface area contributed by atoms with Gasteiger partial charge in [-0.1, -0.05) is 50.7 Å². The predicted molar refractivity (Wildman–Crippen MR) is 93.3 cm³/mol. The number of carboxylic acids is 1. The van der Waals surface area contributed by atoms with E-state index in [9.17, 15) is 14.9 Å². The summed E-state index contributed by atoms with van der Waals surface area (Å²) in [7, 11) is 0. The number of unbranched alkanes of at least 4 members (excludes halogenated alkanes) is 11. The van der Waals surface area contributed by atoms with E-state index >= 15 is 0 Å².